The molecule has 0 radical (unpaired) electrons. The van der Waals surface area contributed by atoms with Crippen LogP contribution in [0.3, 0.4) is 0 Å². The third-order valence-corrected chi connectivity index (χ3v) is 3.05. The summed E-state index contributed by atoms with van der Waals surface area (Å²) in [5.41, 5.74) is 1.20. The number of benzene rings is 2. The van der Waals surface area contributed by atoms with E-state index in [1.165, 1.54) is 19.2 Å². The van der Waals surface area contributed by atoms with Gasteiger partial charge in [0.05, 0.1) is 12.7 Å². The van der Waals surface area contributed by atoms with E-state index in [-0.39, 0.29) is 18.3 Å². The zero-order chi connectivity index (χ0) is 16.7. The van der Waals surface area contributed by atoms with Gasteiger partial charge in [0, 0.05) is 6.54 Å². The number of carbonyl (C=O) groups is 2. The van der Waals surface area contributed by atoms with Crippen LogP contribution >= 0.6 is 0 Å². The van der Waals surface area contributed by atoms with E-state index in [0.29, 0.717) is 17.9 Å². The van der Waals surface area contributed by atoms with Gasteiger partial charge in [-0.2, -0.15) is 0 Å². The highest BCUT2D eigenvalue weighted by atomic mass is 19.1. The fraction of sp³-hybridized carbons (Fsp3) is 0.176. The Hall–Kier alpha value is -2.89. The van der Waals surface area contributed by atoms with Crippen LogP contribution in [0.5, 0.6) is 5.75 Å². The largest absolute Gasteiger partial charge is 0.484 e. The number of nitrogens with one attached hydrogen (secondary N) is 1. The summed E-state index contributed by atoms with van der Waals surface area (Å²) in [7, 11) is 1.30. The summed E-state index contributed by atoms with van der Waals surface area (Å²) < 4.78 is 22.7. The highest BCUT2D eigenvalue weighted by Gasteiger charge is 2.06. The van der Waals surface area contributed by atoms with Gasteiger partial charge in [-0.15, -0.1) is 0 Å². The minimum absolute atomic E-state index is 0.154. The molecule has 0 unspecified atom stereocenters. The van der Waals surface area contributed by atoms with E-state index in [1.54, 1.807) is 36.4 Å². The highest BCUT2D eigenvalue weighted by molar-refractivity contribution is 5.89. The summed E-state index contributed by atoms with van der Waals surface area (Å²) >= 11 is 0. The molecule has 0 aliphatic heterocycles. The number of halogens is 1. The van der Waals surface area contributed by atoms with E-state index in [9.17, 15) is 14.0 Å². The molecular formula is C17H16FNO4. The smallest absolute Gasteiger partial charge is 0.337 e. The second kappa shape index (κ2) is 7.93. The van der Waals surface area contributed by atoms with Gasteiger partial charge in [-0.1, -0.05) is 12.1 Å². The Kier molecular flexibility index (Phi) is 5.68. The molecule has 1 amide bonds. The first-order chi connectivity index (χ1) is 11.1. The van der Waals surface area contributed by atoms with Crippen molar-refractivity contribution >= 4 is 11.9 Å². The van der Waals surface area contributed by atoms with Gasteiger partial charge in [0.25, 0.3) is 5.91 Å². The topological polar surface area (TPSA) is 64.6 Å². The van der Waals surface area contributed by atoms with Crippen LogP contribution in [0.1, 0.15) is 15.9 Å². The van der Waals surface area contributed by atoms with E-state index >= 15 is 0 Å². The molecule has 0 aliphatic rings. The molecule has 2 rings (SSSR count). The van der Waals surface area contributed by atoms with E-state index in [2.05, 4.69) is 10.1 Å². The first kappa shape index (κ1) is 16.5. The quantitative estimate of drug-likeness (QED) is 0.830. The molecule has 120 valence electrons. The third-order valence-electron chi connectivity index (χ3n) is 3.05. The van der Waals surface area contributed by atoms with Crippen LogP contribution in [0.25, 0.3) is 0 Å². The summed E-state index contributed by atoms with van der Waals surface area (Å²) in [4.78, 5) is 23.0. The minimum atomic E-state index is -0.436. The van der Waals surface area contributed by atoms with E-state index in [4.69, 9.17) is 4.74 Å². The van der Waals surface area contributed by atoms with Crippen LogP contribution < -0.4 is 10.1 Å². The standard InChI is InChI=1S/C17H16FNO4/c1-22-17(21)13-4-8-15(9-5-13)23-11-16(20)19-10-12-2-6-14(18)7-3-12/h2-9H,10-11H2,1H3,(H,19,20). The van der Waals surface area contributed by atoms with Crippen molar-refractivity contribution in [3.05, 3.63) is 65.5 Å². The van der Waals surface area contributed by atoms with Crippen molar-refractivity contribution in [3.63, 3.8) is 0 Å². The normalized spacial score (nSPS) is 10.0. The average Bonchev–Trinajstić information content (AvgIpc) is 2.59. The van der Waals surface area contributed by atoms with Gasteiger partial charge < -0.3 is 14.8 Å². The lowest BCUT2D eigenvalue weighted by molar-refractivity contribution is -0.123. The second-order valence-electron chi connectivity index (χ2n) is 4.71. The molecule has 5 nitrogen and oxygen atoms in total. The molecule has 2 aromatic carbocycles. The molecule has 0 atom stereocenters. The summed E-state index contributed by atoms with van der Waals surface area (Å²) in [5.74, 6) is -0.589. The molecule has 0 heterocycles. The number of methoxy groups -OCH3 is 1. The van der Waals surface area contributed by atoms with E-state index < -0.39 is 5.97 Å². The summed E-state index contributed by atoms with van der Waals surface area (Å²) in [5, 5.41) is 2.67. The Bertz CT molecular complexity index is 668. The fourth-order valence-electron chi connectivity index (χ4n) is 1.81. The maximum Gasteiger partial charge on any atom is 0.337 e. The predicted molar refractivity (Wildman–Crippen MR) is 81.5 cm³/mol. The van der Waals surface area contributed by atoms with E-state index in [0.717, 1.165) is 5.56 Å². The summed E-state index contributed by atoms with van der Waals surface area (Å²) in [6.07, 6.45) is 0. The zero-order valence-corrected chi connectivity index (χ0v) is 12.5. The Morgan fingerprint density at radius 1 is 1.04 bits per heavy atom. The van der Waals surface area contributed by atoms with Gasteiger partial charge in [0.1, 0.15) is 11.6 Å². The van der Waals surface area contributed by atoms with Gasteiger partial charge in [-0.25, -0.2) is 9.18 Å². The molecule has 6 heteroatoms. The number of hydrogen-bond donors (Lipinski definition) is 1. The maximum atomic E-state index is 12.8. The molecule has 0 aliphatic carbocycles. The molecule has 0 bridgehead atoms. The van der Waals surface area contributed by atoms with Gasteiger partial charge in [-0.05, 0) is 42.0 Å². The Morgan fingerprint density at radius 2 is 1.70 bits per heavy atom. The number of esters is 1. The zero-order valence-electron chi connectivity index (χ0n) is 12.5. The van der Waals surface area contributed by atoms with Crippen molar-refractivity contribution < 1.29 is 23.5 Å². The summed E-state index contributed by atoms with van der Waals surface area (Å²) in [6, 6.07) is 12.1. The third kappa shape index (κ3) is 5.10. The van der Waals surface area contributed by atoms with Crippen LogP contribution in [-0.2, 0) is 16.1 Å². The van der Waals surface area contributed by atoms with Crippen molar-refractivity contribution in [3.8, 4) is 5.75 Å². The molecular weight excluding hydrogens is 301 g/mol. The minimum Gasteiger partial charge on any atom is -0.484 e. The van der Waals surface area contributed by atoms with Gasteiger partial charge in [0.15, 0.2) is 6.61 Å². The molecule has 23 heavy (non-hydrogen) atoms. The molecule has 0 fully saturated rings. The first-order valence-electron chi connectivity index (χ1n) is 6.91. The van der Waals surface area contributed by atoms with Crippen LogP contribution in [0, 0.1) is 5.82 Å². The van der Waals surface area contributed by atoms with Crippen molar-refractivity contribution in [1.82, 2.24) is 5.32 Å². The van der Waals surface area contributed by atoms with Crippen LogP contribution in [0.4, 0.5) is 4.39 Å². The lowest BCUT2D eigenvalue weighted by Gasteiger charge is -2.08. The van der Waals surface area contributed by atoms with Crippen LogP contribution in [0.15, 0.2) is 48.5 Å². The number of ether oxygens (including phenoxy) is 2. The van der Waals surface area contributed by atoms with Gasteiger partial charge in [0.2, 0.25) is 0 Å². The number of rotatable bonds is 6. The van der Waals surface area contributed by atoms with Gasteiger partial charge in [-0.3, -0.25) is 4.79 Å². The number of hydrogen-bond acceptors (Lipinski definition) is 4. The molecule has 0 saturated heterocycles. The first-order valence-corrected chi connectivity index (χ1v) is 6.91. The van der Waals surface area contributed by atoms with Crippen molar-refractivity contribution in [2.75, 3.05) is 13.7 Å². The summed E-state index contributed by atoms with van der Waals surface area (Å²) in [6.45, 7) is 0.141. The molecule has 0 aromatic heterocycles. The molecule has 2 aromatic rings. The lowest BCUT2D eigenvalue weighted by atomic mass is 10.2. The second-order valence-corrected chi connectivity index (χ2v) is 4.71. The SMILES string of the molecule is COC(=O)c1ccc(OCC(=O)NCc2ccc(F)cc2)cc1. The predicted octanol–water partition coefficient (Wildman–Crippen LogP) is 2.31. The monoisotopic (exact) mass is 317 g/mol. The fourth-order valence-corrected chi connectivity index (χ4v) is 1.81. The molecule has 1 N–H and O–H groups in total. The molecule has 0 spiro atoms. The number of amides is 1. The van der Waals surface area contributed by atoms with Crippen molar-refractivity contribution in [1.29, 1.82) is 0 Å². The van der Waals surface area contributed by atoms with Crippen molar-refractivity contribution in [2.45, 2.75) is 6.54 Å². The van der Waals surface area contributed by atoms with Crippen LogP contribution in [-0.4, -0.2) is 25.6 Å². The Morgan fingerprint density at radius 3 is 2.30 bits per heavy atom. The van der Waals surface area contributed by atoms with Crippen LogP contribution in [0.2, 0.25) is 0 Å². The Labute approximate surface area is 133 Å². The number of carbonyl (C=O) groups excluding carboxylic acids is 2. The Balaban J connectivity index is 1.77. The molecule has 0 saturated carbocycles. The van der Waals surface area contributed by atoms with Gasteiger partial charge >= 0.3 is 5.97 Å². The van der Waals surface area contributed by atoms with E-state index in [1.807, 2.05) is 0 Å². The average molecular weight is 317 g/mol. The lowest BCUT2D eigenvalue weighted by Crippen LogP contribution is -2.28. The van der Waals surface area contributed by atoms with Crippen molar-refractivity contribution in [2.24, 2.45) is 0 Å². The highest BCUT2D eigenvalue weighted by Crippen LogP contribution is 2.12. The maximum absolute atomic E-state index is 12.8.